The van der Waals surface area contributed by atoms with Crippen LogP contribution in [0.1, 0.15) is 20.8 Å². The van der Waals surface area contributed by atoms with Crippen LogP contribution in [0.5, 0.6) is 0 Å². The van der Waals surface area contributed by atoms with Gasteiger partial charge in [0.1, 0.15) is 12.7 Å². The van der Waals surface area contributed by atoms with E-state index in [2.05, 4.69) is 0 Å². The minimum absolute atomic E-state index is 0.213. The normalized spacial score (nSPS) is 29.0. The van der Waals surface area contributed by atoms with Crippen molar-refractivity contribution in [2.24, 2.45) is 0 Å². The van der Waals surface area contributed by atoms with Gasteiger partial charge in [0.25, 0.3) is 0 Å². The highest BCUT2D eigenvalue weighted by Crippen LogP contribution is 2.34. The highest BCUT2D eigenvalue weighted by molar-refractivity contribution is 5.86. The maximum atomic E-state index is 11.5. The van der Waals surface area contributed by atoms with Crippen LogP contribution in [-0.4, -0.2) is 55.1 Å². The van der Waals surface area contributed by atoms with Crippen molar-refractivity contribution in [2.75, 3.05) is 6.61 Å². The van der Waals surface area contributed by atoms with Gasteiger partial charge in [-0.3, -0.25) is 14.4 Å². The summed E-state index contributed by atoms with van der Waals surface area (Å²) in [5.41, 5.74) is 0.292. The summed E-state index contributed by atoms with van der Waals surface area (Å²) in [5.74, 6) is -2.51. The molecule has 0 aliphatic carbocycles. The molecule has 126 valence electrons. The minimum Gasteiger partial charge on any atom is -0.463 e. The summed E-state index contributed by atoms with van der Waals surface area (Å²) in [7, 11) is 0. The van der Waals surface area contributed by atoms with Gasteiger partial charge in [-0.05, 0) is 0 Å². The zero-order valence-corrected chi connectivity index (χ0v) is 12.8. The summed E-state index contributed by atoms with van der Waals surface area (Å²) in [6.07, 6.45) is -3.00. The fourth-order valence-electron chi connectivity index (χ4n) is 2.33. The number of hydrogen-bond acceptors (Lipinski definition) is 9. The lowest BCUT2D eigenvalue weighted by molar-refractivity contribution is -0.249. The van der Waals surface area contributed by atoms with Crippen LogP contribution in [0.15, 0.2) is 11.6 Å². The SMILES string of the molecule is CC(=O)OC[C@H]1OC(OC(C)=O)[C@H](OC(C)=O)C2=CC(=O)O[C@@H]21. The van der Waals surface area contributed by atoms with Crippen LogP contribution in [0.3, 0.4) is 0 Å². The average Bonchev–Trinajstić information content (AvgIpc) is 2.80. The molecule has 9 heteroatoms. The smallest absolute Gasteiger partial charge is 0.331 e. The Labute approximate surface area is 131 Å². The van der Waals surface area contributed by atoms with E-state index in [4.69, 9.17) is 23.7 Å². The highest BCUT2D eigenvalue weighted by atomic mass is 16.7. The quantitative estimate of drug-likeness (QED) is 0.503. The summed E-state index contributed by atoms with van der Waals surface area (Å²) < 4.78 is 25.6. The molecule has 4 atom stereocenters. The first-order valence-electron chi connectivity index (χ1n) is 6.83. The van der Waals surface area contributed by atoms with E-state index in [1.54, 1.807) is 0 Å². The highest BCUT2D eigenvalue weighted by Gasteiger charge is 2.50. The van der Waals surface area contributed by atoms with Crippen LogP contribution >= 0.6 is 0 Å². The van der Waals surface area contributed by atoms with Gasteiger partial charge in [-0.2, -0.15) is 0 Å². The Morgan fingerprint density at radius 3 is 2.30 bits per heavy atom. The van der Waals surface area contributed by atoms with Crippen molar-refractivity contribution in [2.45, 2.75) is 45.4 Å². The largest absolute Gasteiger partial charge is 0.463 e. The summed E-state index contributed by atoms with van der Waals surface area (Å²) in [4.78, 5) is 45.0. The molecular formula is C14H16O9. The molecule has 0 aromatic heterocycles. The van der Waals surface area contributed by atoms with Gasteiger partial charge in [-0.15, -0.1) is 0 Å². The molecule has 0 aromatic carbocycles. The molecule has 1 fully saturated rings. The molecule has 2 aliphatic heterocycles. The zero-order valence-electron chi connectivity index (χ0n) is 12.8. The Morgan fingerprint density at radius 1 is 1.09 bits per heavy atom. The molecule has 0 N–H and O–H groups in total. The van der Waals surface area contributed by atoms with E-state index in [1.807, 2.05) is 0 Å². The molecule has 2 rings (SSSR count). The van der Waals surface area contributed by atoms with Gasteiger partial charge in [-0.25, -0.2) is 4.79 Å². The second-order valence-corrected chi connectivity index (χ2v) is 4.99. The minimum atomic E-state index is -1.27. The maximum absolute atomic E-state index is 11.5. The van der Waals surface area contributed by atoms with Crippen LogP contribution in [0.25, 0.3) is 0 Å². The molecule has 0 amide bonds. The zero-order chi connectivity index (χ0) is 17.1. The van der Waals surface area contributed by atoms with Crippen LogP contribution in [0.2, 0.25) is 0 Å². The lowest BCUT2D eigenvalue weighted by atomic mass is 9.96. The van der Waals surface area contributed by atoms with Crippen LogP contribution in [0, 0.1) is 0 Å². The van der Waals surface area contributed by atoms with Crippen LogP contribution in [-0.2, 0) is 42.9 Å². The number of fused-ring (bicyclic) bond motifs is 1. The van der Waals surface area contributed by atoms with Crippen molar-refractivity contribution in [3.63, 3.8) is 0 Å². The molecule has 0 aromatic rings. The van der Waals surface area contributed by atoms with Gasteiger partial charge in [0.2, 0.25) is 6.29 Å². The van der Waals surface area contributed by atoms with Gasteiger partial charge in [0.05, 0.1) is 0 Å². The topological polar surface area (TPSA) is 114 Å². The van der Waals surface area contributed by atoms with E-state index < -0.39 is 48.5 Å². The van der Waals surface area contributed by atoms with Crippen molar-refractivity contribution >= 4 is 23.9 Å². The van der Waals surface area contributed by atoms with Gasteiger partial charge in [0, 0.05) is 32.4 Å². The van der Waals surface area contributed by atoms with Crippen molar-refractivity contribution in [3.05, 3.63) is 11.6 Å². The van der Waals surface area contributed by atoms with Gasteiger partial charge < -0.3 is 23.7 Å². The molecule has 0 saturated carbocycles. The Balaban J connectivity index is 2.26. The summed E-state index contributed by atoms with van der Waals surface area (Å²) in [5, 5.41) is 0. The standard InChI is InChI=1S/C14H16O9/c1-6(15)19-5-10-12-9(4-11(18)23-12)13(20-7(2)16)14(22-10)21-8(3)17/h4,10,12-14H,5H2,1-3H3/t10-,12+,13-,14?/m1/s1. The third kappa shape index (κ3) is 4.07. The molecule has 1 unspecified atom stereocenters. The molecule has 2 aliphatic rings. The Hall–Kier alpha value is -2.42. The number of carbonyl (C=O) groups is 4. The molecule has 0 radical (unpaired) electrons. The summed E-state index contributed by atoms with van der Waals surface area (Å²) in [6, 6.07) is 0. The summed E-state index contributed by atoms with van der Waals surface area (Å²) >= 11 is 0. The Kier molecular flexibility index (Phi) is 4.99. The molecule has 9 nitrogen and oxygen atoms in total. The van der Waals surface area contributed by atoms with E-state index in [0.717, 1.165) is 13.0 Å². The van der Waals surface area contributed by atoms with E-state index in [9.17, 15) is 19.2 Å². The number of esters is 4. The van der Waals surface area contributed by atoms with Crippen LogP contribution < -0.4 is 0 Å². The molecule has 2 heterocycles. The van der Waals surface area contributed by atoms with Crippen molar-refractivity contribution in [1.29, 1.82) is 0 Å². The maximum Gasteiger partial charge on any atom is 0.331 e. The van der Waals surface area contributed by atoms with E-state index in [-0.39, 0.29) is 6.61 Å². The second kappa shape index (κ2) is 6.78. The fourth-order valence-corrected chi connectivity index (χ4v) is 2.33. The predicted octanol–water partition coefficient (Wildman–Crippen LogP) is -0.379. The van der Waals surface area contributed by atoms with E-state index in [1.165, 1.54) is 13.8 Å². The molecule has 23 heavy (non-hydrogen) atoms. The Bertz CT molecular complexity index is 565. The van der Waals surface area contributed by atoms with Gasteiger partial charge in [-0.1, -0.05) is 0 Å². The average molecular weight is 328 g/mol. The molecule has 0 bridgehead atoms. The van der Waals surface area contributed by atoms with Crippen molar-refractivity contribution in [1.82, 2.24) is 0 Å². The first-order valence-corrected chi connectivity index (χ1v) is 6.83. The monoisotopic (exact) mass is 328 g/mol. The van der Waals surface area contributed by atoms with Gasteiger partial charge in [0.15, 0.2) is 12.2 Å². The molecular weight excluding hydrogens is 312 g/mol. The third-order valence-electron chi connectivity index (χ3n) is 3.10. The number of hydrogen-bond donors (Lipinski definition) is 0. The number of carbonyl (C=O) groups excluding carboxylic acids is 4. The fraction of sp³-hybridized carbons (Fsp3) is 0.571. The lowest BCUT2D eigenvalue weighted by Gasteiger charge is -2.38. The van der Waals surface area contributed by atoms with Gasteiger partial charge >= 0.3 is 23.9 Å². The van der Waals surface area contributed by atoms with Crippen LogP contribution in [0.4, 0.5) is 0 Å². The second-order valence-electron chi connectivity index (χ2n) is 4.99. The first-order chi connectivity index (χ1) is 10.8. The van der Waals surface area contributed by atoms with E-state index in [0.29, 0.717) is 5.57 Å². The number of ether oxygens (including phenoxy) is 5. The van der Waals surface area contributed by atoms with Crippen molar-refractivity contribution in [3.8, 4) is 0 Å². The predicted molar refractivity (Wildman–Crippen MR) is 70.6 cm³/mol. The first kappa shape index (κ1) is 16.9. The molecule has 1 saturated heterocycles. The number of rotatable bonds is 4. The lowest BCUT2D eigenvalue weighted by Crippen LogP contribution is -2.53. The third-order valence-corrected chi connectivity index (χ3v) is 3.10. The van der Waals surface area contributed by atoms with E-state index >= 15 is 0 Å². The Morgan fingerprint density at radius 2 is 1.74 bits per heavy atom. The summed E-state index contributed by atoms with van der Waals surface area (Å²) in [6.45, 7) is 3.33. The molecule has 0 spiro atoms. The van der Waals surface area contributed by atoms with Crippen molar-refractivity contribution < 1.29 is 42.9 Å².